The van der Waals surface area contributed by atoms with Gasteiger partial charge in [0.25, 0.3) is 0 Å². The first kappa shape index (κ1) is 28.6. The van der Waals surface area contributed by atoms with E-state index in [0.29, 0.717) is 23.9 Å². The summed E-state index contributed by atoms with van der Waals surface area (Å²) in [6.45, 7) is 15.2. The molecule has 5 heterocycles. The number of anilines is 1. The number of piperazine rings is 2. The molecule has 3 unspecified atom stereocenters. The van der Waals surface area contributed by atoms with Crippen molar-refractivity contribution in [1.29, 1.82) is 0 Å². The van der Waals surface area contributed by atoms with Gasteiger partial charge in [0.05, 0.1) is 33.1 Å². The maximum Gasteiger partial charge on any atom is 0.410 e. The molecule has 2 bridgehead atoms. The van der Waals surface area contributed by atoms with Crippen LogP contribution in [0.3, 0.4) is 0 Å². The number of halogens is 2. The number of likely N-dealkylation sites (N-methyl/N-ethyl adjacent to an activating group) is 1. The van der Waals surface area contributed by atoms with Gasteiger partial charge in [-0.1, -0.05) is 18.5 Å². The zero-order chi connectivity index (χ0) is 28.3. The van der Waals surface area contributed by atoms with Gasteiger partial charge in [0.15, 0.2) is 0 Å². The van der Waals surface area contributed by atoms with Gasteiger partial charge in [0.2, 0.25) is 0 Å². The maximum atomic E-state index is 13.8. The average Bonchev–Trinajstić information content (AvgIpc) is 3.18. The van der Waals surface area contributed by atoms with Gasteiger partial charge in [-0.3, -0.25) is 14.4 Å². The Morgan fingerprint density at radius 3 is 2.42 bits per heavy atom. The quantitative estimate of drug-likeness (QED) is 0.471. The molecule has 0 aliphatic carbocycles. The summed E-state index contributed by atoms with van der Waals surface area (Å²) >= 11 is 12.2. The zero-order valence-electron chi connectivity index (χ0n) is 23.7. The number of thioether (sulfide) groups is 1. The molecule has 1 aromatic carbocycles. The third kappa shape index (κ3) is 5.25. The Kier molecular flexibility index (Phi) is 7.82. The molecule has 3 saturated heterocycles. The van der Waals surface area contributed by atoms with E-state index in [2.05, 4.69) is 37.6 Å². The molecule has 3 atom stereocenters. The van der Waals surface area contributed by atoms with E-state index in [0.717, 1.165) is 78.1 Å². The van der Waals surface area contributed by atoms with Crippen molar-refractivity contribution in [1.82, 2.24) is 24.3 Å². The van der Waals surface area contributed by atoms with Gasteiger partial charge in [0.1, 0.15) is 11.4 Å². The Morgan fingerprint density at radius 2 is 1.80 bits per heavy atom. The molecule has 0 saturated carbocycles. The van der Waals surface area contributed by atoms with Crippen LogP contribution in [0.4, 0.5) is 10.6 Å². The topological polar surface area (TPSA) is 74.2 Å². The molecule has 40 heavy (non-hydrogen) atoms. The molecule has 1 aromatic heterocycles. The molecule has 4 aliphatic heterocycles. The zero-order valence-corrected chi connectivity index (χ0v) is 26.8. The van der Waals surface area contributed by atoms with E-state index < -0.39 is 5.60 Å². The second-order valence-corrected chi connectivity index (χ2v) is 14.6. The molecule has 6 rings (SSSR count). The maximum absolute atomic E-state index is 13.8. The van der Waals surface area contributed by atoms with Gasteiger partial charge in [-0.05, 0) is 62.2 Å². The first-order valence-electron chi connectivity index (χ1n) is 14.3. The highest BCUT2D eigenvalue weighted by Crippen LogP contribution is 2.46. The molecule has 12 heteroatoms. The molecule has 3 fully saturated rings. The number of amides is 1. The Morgan fingerprint density at radius 1 is 1.15 bits per heavy atom. The molecular weight excluding hydrogens is 616 g/mol. The number of benzene rings is 1. The fourth-order valence-electron chi connectivity index (χ4n) is 6.68. The van der Waals surface area contributed by atoms with Crippen molar-refractivity contribution in [3.8, 4) is 0 Å². The Labute approximate surface area is 253 Å². The summed E-state index contributed by atoms with van der Waals surface area (Å²) in [5, 5.41) is 1.52. The number of ether oxygens (including phenoxy) is 1. The largest absolute Gasteiger partial charge is 0.444 e. The number of hydrogen-bond acceptors (Lipinski definition) is 8. The van der Waals surface area contributed by atoms with Crippen LogP contribution in [0.25, 0.3) is 10.9 Å². The van der Waals surface area contributed by atoms with E-state index in [1.54, 1.807) is 11.8 Å². The predicted octanol–water partition coefficient (Wildman–Crippen LogP) is 4.68. The van der Waals surface area contributed by atoms with Crippen LogP contribution < -0.4 is 10.6 Å². The lowest BCUT2D eigenvalue weighted by atomic mass is 10.1. The van der Waals surface area contributed by atoms with E-state index in [1.807, 2.05) is 36.3 Å². The summed E-state index contributed by atoms with van der Waals surface area (Å²) in [5.41, 5.74) is 0.168. The number of aromatic nitrogens is 2. The highest BCUT2D eigenvalue weighted by atomic mass is 79.9. The van der Waals surface area contributed by atoms with E-state index in [1.165, 1.54) is 0 Å². The van der Waals surface area contributed by atoms with Crippen molar-refractivity contribution in [2.45, 2.75) is 69.2 Å². The minimum absolute atomic E-state index is 0.0232. The molecule has 218 valence electrons. The van der Waals surface area contributed by atoms with Crippen molar-refractivity contribution in [2.75, 3.05) is 63.0 Å². The summed E-state index contributed by atoms with van der Waals surface area (Å²) in [7, 11) is 0. The molecule has 0 spiro atoms. The third-order valence-electron chi connectivity index (χ3n) is 8.59. The van der Waals surface area contributed by atoms with E-state index in [9.17, 15) is 9.59 Å². The first-order valence-corrected chi connectivity index (χ1v) is 16.5. The van der Waals surface area contributed by atoms with Crippen LogP contribution in [-0.4, -0.2) is 106 Å². The van der Waals surface area contributed by atoms with Gasteiger partial charge >= 0.3 is 11.8 Å². The highest BCUT2D eigenvalue weighted by molar-refractivity contribution is 9.10. The molecule has 0 radical (unpaired) electrons. The van der Waals surface area contributed by atoms with Crippen molar-refractivity contribution in [3.05, 3.63) is 26.0 Å². The van der Waals surface area contributed by atoms with Crippen LogP contribution in [0, 0.1) is 0 Å². The van der Waals surface area contributed by atoms with Gasteiger partial charge in [0, 0.05) is 61.8 Å². The second-order valence-electron chi connectivity index (χ2n) is 12.4. The normalized spacial score (nSPS) is 25.6. The molecule has 1 amide bonds. The number of hydrogen-bond donors (Lipinski definition) is 0. The van der Waals surface area contributed by atoms with Crippen LogP contribution in [0.1, 0.15) is 46.6 Å². The molecule has 9 nitrogen and oxygen atoms in total. The van der Waals surface area contributed by atoms with Gasteiger partial charge in [-0.25, -0.2) is 9.59 Å². The van der Waals surface area contributed by atoms with E-state index >= 15 is 0 Å². The second kappa shape index (κ2) is 10.9. The van der Waals surface area contributed by atoms with Crippen molar-refractivity contribution in [2.24, 2.45) is 0 Å². The molecule has 4 aliphatic rings. The Bertz CT molecular complexity index is 1360. The van der Waals surface area contributed by atoms with E-state index in [-0.39, 0.29) is 29.9 Å². The van der Waals surface area contributed by atoms with E-state index in [4.69, 9.17) is 21.3 Å². The third-order valence-corrected chi connectivity index (χ3v) is 11.4. The van der Waals surface area contributed by atoms with Crippen molar-refractivity contribution < 1.29 is 9.53 Å². The van der Waals surface area contributed by atoms with Gasteiger partial charge in [-0.15, -0.1) is 11.8 Å². The Balaban J connectivity index is 1.33. The number of nitrogens with zero attached hydrogens (tertiary/aromatic N) is 6. The summed E-state index contributed by atoms with van der Waals surface area (Å²) in [4.78, 5) is 41.6. The lowest BCUT2D eigenvalue weighted by Gasteiger charge is -2.42. The monoisotopic (exact) mass is 652 g/mol. The average molecular weight is 654 g/mol. The summed E-state index contributed by atoms with van der Waals surface area (Å²) in [5.74, 6) is 1.47. The summed E-state index contributed by atoms with van der Waals surface area (Å²) in [6.07, 6.45) is 1.57. The smallest absolute Gasteiger partial charge is 0.410 e. The summed E-state index contributed by atoms with van der Waals surface area (Å²) < 4.78 is 8.48. The van der Waals surface area contributed by atoms with Crippen LogP contribution in [0.2, 0.25) is 5.02 Å². The first-order chi connectivity index (χ1) is 19.0. The number of rotatable bonds is 4. The van der Waals surface area contributed by atoms with Crippen LogP contribution in [0.15, 0.2) is 20.2 Å². The van der Waals surface area contributed by atoms with Crippen molar-refractivity contribution >= 4 is 62.1 Å². The Hall–Kier alpha value is -1.53. The fraction of sp³-hybridized carbons (Fsp3) is 0.679. The number of carbonyl (C=O) groups is 1. The highest BCUT2D eigenvalue weighted by Gasteiger charge is 2.45. The number of carbonyl (C=O) groups excluding carboxylic acids is 1. The van der Waals surface area contributed by atoms with Crippen LogP contribution in [-0.2, 0) is 4.74 Å². The number of fused-ring (bicyclic) bond motifs is 2. The lowest BCUT2D eigenvalue weighted by molar-refractivity contribution is 0.0123. The SMILES string of the molecule is CCN1CCN(CC2CSc3c(Br)c(Cl)cc4c(N5CC6CCC(C5)N6C(=O)OC(C)(C)C)nc(=O)n2c34)CC1. The van der Waals surface area contributed by atoms with Crippen LogP contribution >= 0.6 is 39.3 Å². The minimum Gasteiger partial charge on any atom is -0.444 e. The van der Waals surface area contributed by atoms with Crippen molar-refractivity contribution in [3.63, 3.8) is 0 Å². The van der Waals surface area contributed by atoms with Crippen LogP contribution in [0.5, 0.6) is 0 Å². The van der Waals surface area contributed by atoms with Gasteiger partial charge < -0.3 is 14.5 Å². The standard InChI is InChI=1S/C28H38BrClN6O3S/c1-5-32-8-10-33(11-9-32)13-19-16-40-24-22(29)21(30)12-20-23(24)36(19)26(37)31-25(20)34-14-17-6-7-18(15-34)35(17)27(38)39-28(2,3)4/h12,17-19H,5-11,13-16H2,1-4H3. The fourth-order valence-corrected chi connectivity index (χ4v) is 8.78. The minimum atomic E-state index is -0.540. The molecule has 2 aromatic rings. The summed E-state index contributed by atoms with van der Waals surface area (Å²) in [6, 6.07) is 2.04. The molecular formula is C28H38BrClN6O3S. The lowest BCUT2D eigenvalue weighted by Crippen LogP contribution is -2.57. The molecule has 0 N–H and O–H groups in total. The van der Waals surface area contributed by atoms with Gasteiger partial charge in [-0.2, -0.15) is 4.98 Å². The predicted molar refractivity (Wildman–Crippen MR) is 164 cm³/mol.